The molecule has 1 saturated heterocycles. The SMILES string of the molecule is NC(=O)[C@@H]1CCCN(CC(=O)Nc2ccc(F)c(F)c2)C1. The fourth-order valence-corrected chi connectivity index (χ4v) is 2.41. The standard InChI is InChI=1S/C14H17F2N3O2/c15-11-4-3-10(6-12(11)16)18-13(20)8-19-5-1-2-9(7-19)14(17)21/h3-4,6,9H,1-2,5,7-8H2,(H2,17,21)(H,18,20)/t9-/m1/s1. The van der Waals surface area contributed by atoms with E-state index in [4.69, 9.17) is 5.73 Å². The van der Waals surface area contributed by atoms with E-state index in [1.54, 1.807) is 0 Å². The molecule has 114 valence electrons. The molecule has 7 heteroatoms. The number of primary amides is 1. The van der Waals surface area contributed by atoms with E-state index in [1.807, 2.05) is 4.90 Å². The van der Waals surface area contributed by atoms with Gasteiger partial charge in [-0.1, -0.05) is 0 Å². The van der Waals surface area contributed by atoms with Crippen LogP contribution < -0.4 is 11.1 Å². The number of carbonyl (C=O) groups excluding carboxylic acids is 2. The summed E-state index contributed by atoms with van der Waals surface area (Å²) in [7, 11) is 0. The highest BCUT2D eigenvalue weighted by Gasteiger charge is 2.25. The summed E-state index contributed by atoms with van der Waals surface area (Å²) in [6.45, 7) is 1.23. The van der Waals surface area contributed by atoms with Gasteiger partial charge >= 0.3 is 0 Å². The van der Waals surface area contributed by atoms with Crippen molar-refractivity contribution < 1.29 is 18.4 Å². The zero-order valence-corrected chi connectivity index (χ0v) is 11.4. The van der Waals surface area contributed by atoms with E-state index in [9.17, 15) is 18.4 Å². The molecule has 1 aromatic rings. The lowest BCUT2D eigenvalue weighted by Gasteiger charge is -2.30. The molecule has 1 heterocycles. The van der Waals surface area contributed by atoms with Gasteiger partial charge in [0.1, 0.15) is 0 Å². The van der Waals surface area contributed by atoms with Gasteiger partial charge in [0, 0.05) is 18.3 Å². The van der Waals surface area contributed by atoms with Gasteiger partial charge in [-0.05, 0) is 31.5 Å². The van der Waals surface area contributed by atoms with Crippen LogP contribution >= 0.6 is 0 Å². The van der Waals surface area contributed by atoms with Crippen molar-refractivity contribution in [3.05, 3.63) is 29.8 Å². The van der Waals surface area contributed by atoms with Gasteiger partial charge in [-0.3, -0.25) is 14.5 Å². The Morgan fingerprint density at radius 3 is 2.76 bits per heavy atom. The number of nitrogens with one attached hydrogen (secondary N) is 1. The van der Waals surface area contributed by atoms with E-state index >= 15 is 0 Å². The van der Waals surface area contributed by atoms with Gasteiger partial charge in [0.05, 0.1) is 12.5 Å². The van der Waals surface area contributed by atoms with Crippen LogP contribution in [0.4, 0.5) is 14.5 Å². The molecule has 1 aliphatic heterocycles. The maximum Gasteiger partial charge on any atom is 0.238 e. The van der Waals surface area contributed by atoms with Crippen molar-refractivity contribution in [2.45, 2.75) is 12.8 Å². The van der Waals surface area contributed by atoms with Gasteiger partial charge in [0.15, 0.2) is 11.6 Å². The second-order valence-corrected chi connectivity index (χ2v) is 5.15. The Labute approximate surface area is 121 Å². The molecule has 21 heavy (non-hydrogen) atoms. The molecule has 0 saturated carbocycles. The molecular weight excluding hydrogens is 280 g/mol. The number of amides is 2. The fraction of sp³-hybridized carbons (Fsp3) is 0.429. The quantitative estimate of drug-likeness (QED) is 0.874. The van der Waals surface area contributed by atoms with Crippen molar-refractivity contribution in [3.8, 4) is 0 Å². The number of hydrogen-bond donors (Lipinski definition) is 2. The van der Waals surface area contributed by atoms with Gasteiger partial charge in [-0.15, -0.1) is 0 Å². The Balaban J connectivity index is 1.89. The van der Waals surface area contributed by atoms with Crippen molar-refractivity contribution >= 4 is 17.5 Å². The Morgan fingerprint density at radius 1 is 1.33 bits per heavy atom. The summed E-state index contributed by atoms with van der Waals surface area (Å²) in [5.41, 5.74) is 5.47. The summed E-state index contributed by atoms with van der Waals surface area (Å²) < 4.78 is 25.8. The van der Waals surface area contributed by atoms with Gasteiger partial charge in [-0.2, -0.15) is 0 Å². The van der Waals surface area contributed by atoms with Gasteiger partial charge in [0.25, 0.3) is 0 Å². The molecule has 5 nitrogen and oxygen atoms in total. The number of hydrogen-bond acceptors (Lipinski definition) is 3. The highest BCUT2D eigenvalue weighted by Crippen LogP contribution is 2.16. The minimum absolute atomic E-state index is 0.0861. The smallest absolute Gasteiger partial charge is 0.238 e. The molecule has 0 aliphatic carbocycles. The summed E-state index contributed by atoms with van der Waals surface area (Å²) in [6.07, 6.45) is 1.53. The maximum absolute atomic E-state index is 13.0. The Morgan fingerprint density at radius 2 is 2.10 bits per heavy atom. The molecule has 2 rings (SSSR count). The first-order valence-corrected chi connectivity index (χ1v) is 6.72. The van der Waals surface area contributed by atoms with Crippen LogP contribution in [0.2, 0.25) is 0 Å². The Hall–Kier alpha value is -2.02. The molecule has 0 aromatic heterocycles. The van der Waals surface area contributed by atoms with Gasteiger partial charge in [-0.25, -0.2) is 8.78 Å². The van der Waals surface area contributed by atoms with Crippen molar-refractivity contribution in [2.24, 2.45) is 11.7 Å². The van der Waals surface area contributed by atoms with E-state index in [-0.39, 0.29) is 30.0 Å². The normalized spacial score (nSPS) is 19.2. The third-order valence-electron chi connectivity index (χ3n) is 3.48. The third-order valence-corrected chi connectivity index (χ3v) is 3.48. The minimum atomic E-state index is -1.01. The second-order valence-electron chi connectivity index (χ2n) is 5.15. The molecule has 0 radical (unpaired) electrons. The number of piperidine rings is 1. The van der Waals surface area contributed by atoms with Crippen molar-refractivity contribution in [2.75, 3.05) is 25.0 Å². The van der Waals surface area contributed by atoms with E-state index in [1.165, 1.54) is 6.07 Å². The first kappa shape index (κ1) is 15.4. The van der Waals surface area contributed by atoms with Crippen LogP contribution in [0.1, 0.15) is 12.8 Å². The number of nitrogens with zero attached hydrogens (tertiary/aromatic N) is 1. The predicted octanol–water partition coefficient (Wildman–Crippen LogP) is 1.10. The largest absolute Gasteiger partial charge is 0.369 e. The average molecular weight is 297 g/mol. The summed E-state index contributed by atoms with van der Waals surface area (Å²) >= 11 is 0. The van der Waals surface area contributed by atoms with Crippen molar-refractivity contribution in [3.63, 3.8) is 0 Å². The Kier molecular flexibility index (Phi) is 4.85. The first-order chi connectivity index (χ1) is 9.95. The van der Waals surface area contributed by atoms with Crippen LogP contribution in [-0.4, -0.2) is 36.3 Å². The molecule has 1 aromatic carbocycles. The summed E-state index contributed by atoms with van der Waals surface area (Å²) in [6, 6.07) is 3.17. The van der Waals surface area contributed by atoms with Crippen LogP contribution in [0.25, 0.3) is 0 Å². The third kappa shape index (κ3) is 4.22. The molecule has 1 aliphatic rings. The monoisotopic (exact) mass is 297 g/mol. The van der Waals surface area contributed by atoms with Crippen LogP contribution in [0.5, 0.6) is 0 Å². The zero-order chi connectivity index (χ0) is 15.4. The molecule has 1 fully saturated rings. The number of anilines is 1. The lowest BCUT2D eigenvalue weighted by Crippen LogP contribution is -2.44. The number of likely N-dealkylation sites (tertiary alicyclic amines) is 1. The van der Waals surface area contributed by atoms with Gasteiger partial charge < -0.3 is 11.1 Å². The summed E-state index contributed by atoms with van der Waals surface area (Å²) in [5.74, 6) is -2.92. The van der Waals surface area contributed by atoms with Gasteiger partial charge in [0.2, 0.25) is 11.8 Å². The van der Waals surface area contributed by atoms with Crippen LogP contribution in [0.3, 0.4) is 0 Å². The van der Waals surface area contributed by atoms with E-state index < -0.39 is 11.6 Å². The molecule has 0 spiro atoms. The predicted molar refractivity (Wildman–Crippen MR) is 73.3 cm³/mol. The topological polar surface area (TPSA) is 75.4 Å². The molecular formula is C14H17F2N3O2. The lowest BCUT2D eigenvalue weighted by molar-refractivity contribution is -0.125. The number of carbonyl (C=O) groups is 2. The number of nitrogens with two attached hydrogens (primary N) is 1. The molecule has 0 unspecified atom stereocenters. The minimum Gasteiger partial charge on any atom is -0.369 e. The molecule has 3 N–H and O–H groups in total. The molecule has 2 amide bonds. The highest BCUT2D eigenvalue weighted by atomic mass is 19.2. The lowest BCUT2D eigenvalue weighted by atomic mass is 9.97. The zero-order valence-electron chi connectivity index (χ0n) is 11.4. The summed E-state index contributed by atoms with van der Waals surface area (Å²) in [5, 5.41) is 2.50. The summed E-state index contributed by atoms with van der Waals surface area (Å²) in [4.78, 5) is 24.9. The molecule has 1 atom stereocenters. The second kappa shape index (κ2) is 6.62. The first-order valence-electron chi connectivity index (χ1n) is 6.72. The van der Waals surface area contributed by atoms with Crippen LogP contribution in [0.15, 0.2) is 18.2 Å². The van der Waals surface area contributed by atoms with E-state index in [2.05, 4.69) is 5.32 Å². The van der Waals surface area contributed by atoms with E-state index in [0.29, 0.717) is 13.1 Å². The van der Waals surface area contributed by atoms with Crippen LogP contribution in [0, 0.1) is 17.6 Å². The van der Waals surface area contributed by atoms with E-state index in [0.717, 1.165) is 25.0 Å². The Bertz CT molecular complexity index is 551. The van der Waals surface area contributed by atoms with Crippen molar-refractivity contribution in [1.82, 2.24) is 4.90 Å². The average Bonchev–Trinajstić information content (AvgIpc) is 2.43. The number of benzene rings is 1. The van der Waals surface area contributed by atoms with Crippen LogP contribution in [-0.2, 0) is 9.59 Å². The maximum atomic E-state index is 13.0. The fourth-order valence-electron chi connectivity index (χ4n) is 2.41. The molecule has 0 bridgehead atoms. The highest BCUT2D eigenvalue weighted by molar-refractivity contribution is 5.92. The number of halogens is 2. The number of rotatable bonds is 4. The van der Waals surface area contributed by atoms with Crippen molar-refractivity contribution in [1.29, 1.82) is 0 Å².